The van der Waals surface area contributed by atoms with E-state index in [4.69, 9.17) is 0 Å². The topological polar surface area (TPSA) is 40.5 Å². The number of hydrogen-bond donors (Lipinski definition) is 1. The summed E-state index contributed by atoms with van der Waals surface area (Å²) < 4.78 is 0. The standard InChI is InChI=1S/C17H27NO2/c1-13(2)18(12-15(4)19)17(20)7-5-6-16-10-8-14(3)9-11-16/h8-11,13,15,19H,5-7,12H2,1-4H3. The summed E-state index contributed by atoms with van der Waals surface area (Å²) in [4.78, 5) is 13.9. The van der Waals surface area contributed by atoms with Gasteiger partial charge in [0.15, 0.2) is 0 Å². The monoisotopic (exact) mass is 277 g/mol. The first-order valence-corrected chi connectivity index (χ1v) is 7.43. The highest BCUT2D eigenvalue weighted by Gasteiger charge is 2.17. The summed E-state index contributed by atoms with van der Waals surface area (Å²) in [6.45, 7) is 8.18. The number of hydrogen-bond acceptors (Lipinski definition) is 2. The molecule has 0 fully saturated rings. The summed E-state index contributed by atoms with van der Waals surface area (Å²) in [5, 5.41) is 9.46. The van der Waals surface area contributed by atoms with Crippen LogP contribution in [0.25, 0.3) is 0 Å². The number of carbonyl (C=O) groups excluding carboxylic acids is 1. The van der Waals surface area contributed by atoms with Crippen LogP contribution < -0.4 is 0 Å². The molecule has 0 aromatic heterocycles. The van der Waals surface area contributed by atoms with E-state index >= 15 is 0 Å². The summed E-state index contributed by atoms with van der Waals surface area (Å²) in [6.07, 6.45) is 1.84. The molecule has 20 heavy (non-hydrogen) atoms. The van der Waals surface area contributed by atoms with E-state index in [1.807, 2.05) is 13.8 Å². The maximum atomic E-state index is 12.2. The molecule has 1 aromatic rings. The first-order chi connectivity index (χ1) is 9.40. The van der Waals surface area contributed by atoms with Crippen LogP contribution in [0.5, 0.6) is 0 Å². The Bertz CT molecular complexity index is 410. The zero-order valence-corrected chi connectivity index (χ0v) is 13.1. The summed E-state index contributed by atoms with van der Waals surface area (Å²) in [6, 6.07) is 8.58. The Hall–Kier alpha value is -1.35. The normalized spacial score (nSPS) is 12.5. The molecule has 1 amide bonds. The van der Waals surface area contributed by atoms with Crippen molar-refractivity contribution in [2.24, 2.45) is 0 Å². The first kappa shape index (κ1) is 16.7. The van der Waals surface area contributed by atoms with Crippen molar-refractivity contribution in [2.45, 2.75) is 59.1 Å². The van der Waals surface area contributed by atoms with Crippen LogP contribution in [0, 0.1) is 6.92 Å². The number of aliphatic hydroxyl groups is 1. The van der Waals surface area contributed by atoms with Crippen molar-refractivity contribution < 1.29 is 9.90 Å². The Morgan fingerprint density at radius 2 is 1.80 bits per heavy atom. The Labute approximate surface area is 122 Å². The molecule has 1 unspecified atom stereocenters. The van der Waals surface area contributed by atoms with Crippen LogP contribution in [0.2, 0.25) is 0 Å². The van der Waals surface area contributed by atoms with E-state index in [2.05, 4.69) is 31.2 Å². The smallest absolute Gasteiger partial charge is 0.222 e. The Morgan fingerprint density at radius 1 is 1.20 bits per heavy atom. The van der Waals surface area contributed by atoms with E-state index in [1.54, 1.807) is 11.8 Å². The van der Waals surface area contributed by atoms with Gasteiger partial charge in [-0.1, -0.05) is 29.8 Å². The van der Waals surface area contributed by atoms with Crippen molar-refractivity contribution in [3.63, 3.8) is 0 Å². The first-order valence-electron chi connectivity index (χ1n) is 7.43. The Kier molecular flexibility index (Phi) is 6.73. The molecule has 1 rings (SSSR count). The molecule has 0 spiro atoms. The van der Waals surface area contributed by atoms with Crippen molar-refractivity contribution in [3.05, 3.63) is 35.4 Å². The lowest BCUT2D eigenvalue weighted by atomic mass is 10.1. The second-order valence-corrected chi connectivity index (χ2v) is 5.83. The molecule has 3 heteroatoms. The maximum absolute atomic E-state index is 12.2. The minimum atomic E-state index is -0.474. The number of benzene rings is 1. The molecule has 1 N–H and O–H groups in total. The Morgan fingerprint density at radius 3 is 2.30 bits per heavy atom. The van der Waals surface area contributed by atoms with Gasteiger partial charge < -0.3 is 10.0 Å². The van der Waals surface area contributed by atoms with Crippen LogP contribution in [-0.2, 0) is 11.2 Å². The third kappa shape index (κ3) is 5.74. The molecule has 0 aliphatic heterocycles. The van der Waals surface area contributed by atoms with Gasteiger partial charge in [-0.25, -0.2) is 0 Å². The molecule has 1 atom stereocenters. The van der Waals surface area contributed by atoms with E-state index in [-0.39, 0.29) is 11.9 Å². The summed E-state index contributed by atoms with van der Waals surface area (Å²) >= 11 is 0. The third-order valence-corrected chi connectivity index (χ3v) is 3.38. The largest absolute Gasteiger partial charge is 0.392 e. The van der Waals surface area contributed by atoms with Crippen LogP contribution in [0.3, 0.4) is 0 Å². The van der Waals surface area contributed by atoms with Gasteiger partial charge in [-0.15, -0.1) is 0 Å². The minimum absolute atomic E-state index is 0.132. The van der Waals surface area contributed by atoms with Gasteiger partial charge in [-0.05, 0) is 46.1 Å². The van der Waals surface area contributed by atoms with Gasteiger partial charge in [-0.2, -0.15) is 0 Å². The molecule has 112 valence electrons. The van der Waals surface area contributed by atoms with Gasteiger partial charge in [0.2, 0.25) is 5.91 Å². The Balaban J connectivity index is 2.43. The van der Waals surface area contributed by atoms with Gasteiger partial charge in [0, 0.05) is 19.0 Å². The minimum Gasteiger partial charge on any atom is -0.392 e. The lowest BCUT2D eigenvalue weighted by Crippen LogP contribution is -2.41. The van der Waals surface area contributed by atoms with Gasteiger partial charge in [0.25, 0.3) is 0 Å². The molecule has 0 saturated heterocycles. The lowest BCUT2D eigenvalue weighted by molar-refractivity contribution is -0.134. The van der Waals surface area contributed by atoms with Gasteiger partial charge >= 0.3 is 0 Å². The van der Waals surface area contributed by atoms with Gasteiger partial charge in [0.1, 0.15) is 0 Å². The zero-order valence-electron chi connectivity index (χ0n) is 13.1. The fourth-order valence-electron chi connectivity index (χ4n) is 2.23. The van der Waals surface area contributed by atoms with Gasteiger partial charge in [0.05, 0.1) is 6.10 Å². The molecule has 0 aliphatic carbocycles. The zero-order chi connectivity index (χ0) is 15.1. The maximum Gasteiger partial charge on any atom is 0.222 e. The fraction of sp³-hybridized carbons (Fsp3) is 0.588. The second-order valence-electron chi connectivity index (χ2n) is 5.83. The quantitative estimate of drug-likeness (QED) is 0.832. The number of aliphatic hydroxyl groups excluding tert-OH is 1. The number of rotatable bonds is 7. The van der Waals surface area contributed by atoms with E-state index in [9.17, 15) is 9.90 Å². The highest BCUT2D eigenvalue weighted by atomic mass is 16.3. The molecular formula is C17H27NO2. The van der Waals surface area contributed by atoms with Crippen molar-refractivity contribution in [3.8, 4) is 0 Å². The number of amides is 1. The summed E-state index contributed by atoms with van der Waals surface area (Å²) in [5.74, 6) is 0.132. The average Bonchev–Trinajstić information content (AvgIpc) is 2.37. The highest BCUT2D eigenvalue weighted by Crippen LogP contribution is 2.10. The van der Waals surface area contributed by atoms with E-state index in [1.165, 1.54) is 11.1 Å². The number of carbonyl (C=O) groups is 1. The summed E-state index contributed by atoms with van der Waals surface area (Å²) in [7, 11) is 0. The van der Waals surface area contributed by atoms with Crippen molar-refractivity contribution in [1.82, 2.24) is 4.90 Å². The third-order valence-electron chi connectivity index (χ3n) is 3.38. The van der Waals surface area contributed by atoms with Crippen molar-refractivity contribution >= 4 is 5.91 Å². The molecule has 0 saturated carbocycles. The van der Waals surface area contributed by atoms with E-state index in [0.29, 0.717) is 13.0 Å². The van der Waals surface area contributed by atoms with Crippen LogP contribution in [0.4, 0.5) is 0 Å². The van der Waals surface area contributed by atoms with Gasteiger partial charge in [-0.3, -0.25) is 4.79 Å². The van der Waals surface area contributed by atoms with E-state index < -0.39 is 6.10 Å². The molecule has 3 nitrogen and oxygen atoms in total. The predicted octanol–water partition coefficient (Wildman–Crippen LogP) is 2.94. The predicted molar refractivity (Wildman–Crippen MR) is 82.6 cm³/mol. The molecule has 0 radical (unpaired) electrons. The lowest BCUT2D eigenvalue weighted by Gasteiger charge is -2.28. The number of nitrogens with zero attached hydrogens (tertiary/aromatic N) is 1. The van der Waals surface area contributed by atoms with Crippen LogP contribution in [0.15, 0.2) is 24.3 Å². The second kappa shape index (κ2) is 8.05. The van der Waals surface area contributed by atoms with E-state index in [0.717, 1.165) is 12.8 Å². The highest BCUT2D eigenvalue weighted by molar-refractivity contribution is 5.76. The SMILES string of the molecule is Cc1ccc(CCCC(=O)N(CC(C)O)C(C)C)cc1. The summed E-state index contributed by atoms with van der Waals surface area (Å²) in [5.41, 5.74) is 2.53. The van der Waals surface area contributed by atoms with Crippen molar-refractivity contribution in [2.75, 3.05) is 6.54 Å². The molecular weight excluding hydrogens is 250 g/mol. The molecule has 0 heterocycles. The van der Waals surface area contributed by atoms with Crippen LogP contribution in [-0.4, -0.2) is 34.6 Å². The molecule has 0 bridgehead atoms. The number of aryl methyl sites for hydroxylation is 2. The molecule has 0 aliphatic rings. The average molecular weight is 277 g/mol. The fourth-order valence-corrected chi connectivity index (χ4v) is 2.23. The van der Waals surface area contributed by atoms with Crippen molar-refractivity contribution in [1.29, 1.82) is 0 Å². The van der Waals surface area contributed by atoms with Crippen LogP contribution in [0.1, 0.15) is 44.7 Å². The molecule has 1 aromatic carbocycles. The van der Waals surface area contributed by atoms with Crippen LogP contribution >= 0.6 is 0 Å².